The van der Waals surface area contributed by atoms with Crippen LogP contribution in [0.1, 0.15) is 18.1 Å². The van der Waals surface area contributed by atoms with Crippen molar-refractivity contribution in [2.45, 2.75) is 19.9 Å². The van der Waals surface area contributed by atoms with Crippen LogP contribution in [0.3, 0.4) is 0 Å². The van der Waals surface area contributed by atoms with Crippen molar-refractivity contribution in [3.63, 3.8) is 0 Å². The SMILES string of the molecule is CCc1ccc(Oc2c(Cl)cccc2CNC)cc1. The molecule has 100 valence electrons. The number of benzene rings is 2. The Morgan fingerprint density at radius 1 is 1.11 bits per heavy atom. The van der Waals surface area contributed by atoms with E-state index in [9.17, 15) is 0 Å². The zero-order valence-corrected chi connectivity index (χ0v) is 12.0. The number of nitrogens with one attached hydrogen (secondary N) is 1. The minimum absolute atomic E-state index is 0.632. The van der Waals surface area contributed by atoms with Gasteiger partial charge in [0.05, 0.1) is 5.02 Å². The zero-order chi connectivity index (χ0) is 13.7. The summed E-state index contributed by atoms with van der Waals surface area (Å²) in [6.07, 6.45) is 1.03. The molecule has 0 fully saturated rings. The molecule has 0 spiro atoms. The summed E-state index contributed by atoms with van der Waals surface area (Å²) in [5.74, 6) is 1.53. The molecule has 2 aromatic carbocycles. The van der Waals surface area contributed by atoms with Gasteiger partial charge in [0, 0.05) is 12.1 Å². The highest BCUT2D eigenvalue weighted by Crippen LogP contribution is 2.33. The number of ether oxygens (including phenoxy) is 1. The lowest BCUT2D eigenvalue weighted by molar-refractivity contribution is 0.474. The molecule has 0 radical (unpaired) electrons. The predicted molar refractivity (Wildman–Crippen MR) is 80.1 cm³/mol. The van der Waals surface area contributed by atoms with Gasteiger partial charge in [-0.25, -0.2) is 0 Å². The number of aryl methyl sites for hydroxylation is 1. The number of halogens is 1. The highest BCUT2D eigenvalue weighted by molar-refractivity contribution is 6.32. The number of rotatable bonds is 5. The largest absolute Gasteiger partial charge is 0.455 e. The van der Waals surface area contributed by atoms with Crippen LogP contribution in [0.25, 0.3) is 0 Å². The van der Waals surface area contributed by atoms with E-state index >= 15 is 0 Å². The van der Waals surface area contributed by atoms with Gasteiger partial charge < -0.3 is 10.1 Å². The second-order valence-corrected chi connectivity index (χ2v) is 4.77. The average Bonchev–Trinajstić information content (AvgIpc) is 2.44. The molecule has 0 saturated heterocycles. The summed E-state index contributed by atoms with van der Waals surface area (Å²) in [7, 11) is 1.90. The van der Waals surface area contributed by atoms with E-state index in [0.717, 1.165) is 30.0 Å². The van der Waals surface area contributed by atoms with Crippen molar-refractivity contribution < 1.29 is 4.74 Å². The third-order valence-corrected chi connectivity index (χ3v) is 3.26. The molecule has 0 aromatic heterocycles. The molecular weight excluding hydrogens is 258 g/mol. The number of hydrogen-bond donors (Lipinski definition) is 1. The molecule has 2 nitrogen and oxygen atoms in total. The summed E-state index contributed by atoms with van der Waals surface area (Å²) in [5, 5.41) is 3.75. The lowest BCUT2D eigenvalue weighted by atomic mass is 10.1. The molecule has 19 heavy (non-hydrogen) atoms. The van der Waals surface area contributed by atoms with Crippen LogP contribution in [0.5, 0.6) is 11.5 Å². The summed E-state index contributed by atoms with van der Waals surface area (Å²) in [6, 6.07) is 13.9. The maximum Gasteiger partial charge on any atom is 0.150 e. The number of para-hydroxylation sites is 1. The Labute approximate surface area is 119 Å². The van der Waals surface area contributed by atoms with Crippen molar-refractivity contribution >= 4 is 11.6 Å². The van der Waals surface area contributed by atoms with Gasteiger partial charge in [-0.1, -0.05) is 42.8 Å². The third kappa shape index (κ3) is 3.49. The van der Waals surface area contributed by atoms with E-state index in [1.807, 2.05) is 37.4 Å². The van der Waals surface area contributed by atoms with Crippen molar-refractivity contribution in [1.29, 1.82) is 0 Å². The second kappa shape index (κ2) is 6.60. The van der Waals surface area contributed by atoms with Crippen LogP contribution in [-0.2, 0) is 13.0 Å². The normalized spacial score (nSPS) is 10.5. The fraction of sp³-hybridized carbons (Fsp3) is 0.250. The Kier molecular flexibility index (Phi) is 4.83. The molecule has 2 rings (SSSR count). The van der Waals surface area contributed by atoms with Crippen molar-refractivity contribution in [3.8, 4) is 11.5 Å². The Bertz CT molecular complexity index is 537. The fourth-order valence-corrected chi connectivity index (χ4v) is 2.14. The second-order valence-electron chi connectivity index (χ2n) is 4.36. The van der Waals surface area contributed by atoms with Gasteiger partial charge in [0.15, 0.2) is 0 Å². The van der Waals surface area contributed by atoms with Crippen LogP contribution in [0.4, 0.5) is 0 Å². The van der Waals surface area contributed by atoms with E-state index < -0.39 is 0 Å². The number of hydrogen-bond acceptors (Lipinski definition) is 2. The van der Waals surface area contributed by atoms with Gasteiger partial charge in [-0.15, -0.1) is 0 Å². The minimum Gasteiger partial charge on any atom is -0.455 e. The average molecular weight is 276 g/mol. The lowest BCUT2D eigenvalue weighted by Crippen LogP contribution is -2.06. The predicted octanol–water partition coefficient (Wildman–Crippen LogP) is 4.41. The molecule has 0 aliphatic heterocycles. The van der Waals surface area contributed by atoms with Crippen LogP contribution in [-0.4, -0.2) is 7.05 Å². The van der Waals surface area contributed by atoms with Gasteiger partial charge in [0.25, 0.3) is 0 Å². The van der Waals surface area contributed by atoms with Crippen LogP contribution in [0.15, 0.2) is 42.5 Å². The van der Waals surface area contributed by atoms with E-state index in [1.54, 1.807) is 0 Å². The highest BCUT2D eigenvalue weighted by atomic mass is 35.5. The van der Waals surface area contributed by atoms with Crippen molar-refractivity contribution in [2.75, 3.05) is 7.05 Å². The van der Waals surface area contributed by atoms with Crippen LogP contribution in [0.2, 0.25) is 5.02 Å². The molecule has 0 atom stereocenters. The van der Waals surface area contributed by atoms with Crippen LogP contribution in [0, 0.1) is 0 Å². The summed E-state index contributed by atoms with van der Waals surface area (Å²) in [6.45, 7) is 2.86. The molecule has 1 N–H and O–H groups in total. The Morgan fingerprint density at radius 2 is 1.84 bits per heavy atom. The van der Waals surface area contributed by atoms with E-state index in [-0.39, 0.29) is 0 Å². The Morgan fingerprint density at radius 3 is 2.47 bits per heavy atom. The van der Waals surface area contributed by atoms with Gasteiger partial charge in [0.1, 0.15) is 11.5 Å². The molecule has 0 amide bonds. The summed E-state index contributed by atoms with van der Waals surface area (Å²) in [4.78, 5) is 0. The van der Waals surface area contributed by atoms with Gasteiger partial charge >= 0.3 is 0 Å². The molecular formula is C16H18ClNO. The molecule has 3 heteroatoms. The molecule has 0 saturated carbocycles. The minimum atomic E-state index is 0.632. The van der Waals surface area contributed by atoms with Crippen LogP contribution >= 0.6 is 11.6 Å². The fourth-order valence-electron chi connectivity index (χ4n) is 1.91. The summed E-state index contributed by atoms with van der Waals surface area (Å²) >= 11 is 6.22. The van der Waals surface area contributed by atoms with Crippen LogP contribution < -0.4 is 10.1 Å². The lowest BCUT2D eigenvalue weighted by Gasteiger charge is -2.13. The van der Waals surface area contributed by atoms with Gasteiger partial charge in [-0.3, -0.25) is 0 Å². The third-order valence-electron chi connectivity index (χ3n) is 2.97. The molecule has 0 heterocycles. The molecule has 0 aliphatic carbocycles. The summed E-state index contributed by atoms with van der Waals surface area (Å²) < 4.78 is 5.92. The first kappa shape index (κ1) is 13.9. The van der Waals surface area contributed by atoms with E-state index in [0.29, 0.717) is 5.02 Å². The van der Waals surface area contributed by atoms with Crippen molar-refractivity contribution in [3.05, 3.63) is 58.6 Å². The molecule has 2 aromatic rings. The quantitative estimate of drug-likeness (QED) is 0.872. The zero-order valence-electron chi connectivity index (χ0n) is 11.2. The topological polar surface area (TPSA) is 21.3 Å². The van der Waals surface area contributed by atoms with Crippen molar-refractivity contribution in [1.82, 2.24) is 5.32 Å². The standard InChI is InChI=1S/C16H18ClNO/c1-3-12-7-9-14(10-8-12)19-16-13(11-18-2)5-4-6-15(16)17/h4-10,18H,3,11H2,1-2H3. The first-order valence-electron chi connectivity index (χ1n) is 6.43. The summed E-state index contributed by atoms with van der Waals surface area (Å²) in [5.41, 5.74) is 2.34. The maximum absolute atomic E-state index is 6.22. The molecule has 0 unspecified atom stereocenters. The van der Waals surface area contributed by atoms with Crippen molar-refractivity contribution in [2.24, 2.45) is 0 Å². The molecule has 0 aliphatic rings. The van der Waals surface area contributed by atoms with E-state index in [1.165, 1.54) is 5.56 Å². The first-order chi connectivity index (χ1) is 9.24. The monoisotopic (exact) mass is 275 g/mol. The van der Waals surface area contributed by atoms with E-state index in [2.05, 4.69) is 24.4 Å². The maximum atomic E-state index is 6.22. The van der Waals surface area contributed by atoms with Gasteiger partial charge in [-0.05, 0) is 37.2 Å². The van der Waals surface area contributed by atoms with Gasteiger partial charge in [-0.2, -0.15) is 0 Å². The van der Waals surface area contributed by atoms with E-state index in [4.69, 9.17) is 16.3 Å². The Hall–Kier alpha value is -1.51. The molecule has 0 bridgehead atoms. The first-order valence-corrected chi connectivity index (χ1v) is 6.81. The van der Waals surface area contributed by atoms with Gasteiger partial charge in [0.2, 0.25) is 0 Å². The smallest absolute Gasteiger partial charge is 0.150 e. The Balaban J connectivity index is 2.26. The highest BCUT2D eigenvalue weighted by Gasteiger charge is 2.09.